The van der Waals surface area contributed by atoms with Crippen molar-refractivity contribution in [3.05, 3.63) is 34.3 Å². The van der Waals surface area contributed by atoms with Crippen molar-refractivity contribution in [2.45, 2.75) is 12.7 Å². The second-order valence-electron chi connectivity index (χ2n) is 3.23. The van der Waals surface area contributed by atoms with Crippen LogP contribution in [-0.4, -0.2) is 13.1 Å². The fourth-order valence-electron chi connectivity index (χ4n) is 1.52. The predicted molar refractivity (Wildman–Crippen MR) is 51.2 cm³/mol. The van der Waals surface area contributed by atoms with Crippen LogP contribution in [0.4, 0.5) is 0 Å². The van der Waals surface area contributed by atoms with Crippen molar-refractivity contribution >= 4 is 17.6 Å². The van der Waals surface area contributed by atoms with Crippen molar-refractivity contribution in [3.63, 3.8) is 0 Å². The summed E-state index contributed by atoms with van der Waals surface area (Å²) in [7, 11) is 1.50. The Balaban J connectivity index is 2.61. The van der Waals surface area contributed by atoms with E-state index in [0.717, 1.165) is 5.56 Å². The number of esters is 1. The van der Waals surface area contributed by atoms with Gasteiger partial charge in [-0.3, -0.25) is 0 Å². The molecule has 0 aromatic heterocycles. The number of halogens is 1. The van der Waals surface area contributed by atoms with Crippen LogP contribution in [0.15, 0.2) is 18.2 Å². The molecule has 1 aromatic carbocycles. The number of carbonyl (C=O) groups is 1. The first-order valence-electron chi connectivity index (χ1n) is 4.15. The Kier molecular flexibility index (Phi) is 2.01. The first-order chi connectivity index (χ1) is 6.57. The monoisotopic (exact) mass is 212 g/mol. The molecule has 0 saturated carbocycles. The van der Waals surface area contributed by atoms with Gasteiger partial charge in [-0.1, -0.05) is 17.7 Å². The molecule has 3 nitrogen and oxygen atoms in total. The fraction of sp³-hybridized carbons (Fsp3) is 0.300. The molecule has 0 fully saturated rings. The summed E-state index contributed by atoms with van der Waals surface area (Å²) in [6.45, 7) is 1.70. The minimum absolute atomic E-state index is 0.396. The van der Waals surface area contributed by atoms with Gasteiger partial charge in [0.25, 0.3) is 0 Å². The van der Waals surface area contributed by atoms with Crippen LogP contribution in [0.2, 0.25) is 5.02 Å². The molecule has 0 radical (unpaired) electrons. The van der Waals surface area contributed by atoms with Gasteiger partial charge in [-0.05, 0) is 12.1 Å². The van der Waals surface area contributed by atoms with Crippen LogP contribution in [0.1, 0.15) is 22.8 Å². The van der Waals surface area contributed by atoms with Gasteiger partial charge >= 0.3 is 5.97 Å². The highest BCUT2D eigenvalue weighted by molar-refractivity contribution is 6.31. The Morgan fingerprint density at radius 2 is 2.21 bits per heavy atom. The molecule has 1 aliphatic heterocycles. The highest BCUT2D eigenvalue weighted by Crippen LogP contribution is 2.37. The molecular weight excluding hydrogens is 204 g/mol. The molecule has 0 N–H and O–H groups in total. The quantitative estimate of drug-likeness (QED) is 0.671. The number of hydrogen-bond acceptors (Lipinski definition) is 3. The van der Waals surface area contributed by atoms with E-state index in [9.17, 15) is 4.79 Å². The Labute approximate surface area is 86.6 Å². The summed E-state index contributed by atoms with van der Waals surface area (Å²) in [5.74, 6) is -1.37. The molecular formula is C10H9ClO3. The molecule has 14 heavy (non-hydrogen) atoms. The second kappa shape index (κ2) is 2.97. The maximum atomic E-state index is 11.4. The van der Waals surface area contributed by atoms with Crippen LogP contribution in [0.3, 0.4) is 0 Å². The summed E-state index contributed by atoms with van der Waals surface area (Å²) in [6.07, 6.45) is 0. The van der Waals surface area contributed by atoms with E-state index in [1.807, 2.05) is 0 Å². The van der Waals surface area contributed by atoms with Gasteiger partial charge in [-0.15, -0.1) is 0 Å². The van der Waals surface area contributed by atoms with Crippen molar-refractivity contribution in [2.24, 2.45) is 0 Å². The molecule has 1 atom stereocenters. The molecule has 1 aromatic rings. The average Bonchev–Trinajstić information content (AvgIpc) is 2.40. The molecule has 0 spiro atoms. The normalized spacial score (nSPS) is 24.6. The Bertz CT molecular complexity index is 402. The molecule has 0 aliphatic carbocycles. The van der Waals surface area contributed by atoms with Crippen LogP contribution >= 0.6 is 11.6 Å². The number of fused-ring (bicyclic) bond motifs is 1. The van der Waals surface area contributed by atoms with E-state index >= 15 is 0 Å². The first kappa shape index (κ1) is 9.49. The second-order valence-corrected chi connectivity index (χ2v) is 3.67. The van der Waals surface area contributed by atoms with Crippen LogP contribution < -0.4 is 0 Å². The summed E-state index contributed by atoms with van der Waals surface area (Å²) < 4.78 is 10.3. The molecule has 74 valence electrons. The van der Waals surface area contributed by atoms with Crippen LogP contribution in [0.25, 0.3) is 0 Å². The van der Waals surface area contributed by atoms with Gasteiger partial charge in [-0.25, -0.2) is 4.79 Å². The maximum Gasteiger partial charge on any atom is 0.341 e. The number of carbonyl (C=O) groups excluding carboxylic acids is 1. The van der Waals surface area contributed by atoms with Gasteiger partial charge < -0.3 is 9.47 Å². The third-order valence-electron chi connectivity index (χ3n) is 2.37. The van der Waals surface area contributed by atoms with E-state index in [-0.39, 0.29) is 0 Å². The number of cyclic esters (lactones) is 1. The van der Waals surface area contributed by atoms with E-state index in [0.29, 0.717) is 10.6 Å². The Morgan fingerprint density at radius 1 is 1.50 bits per heavy atom. The minimum Gasteiger partial charge on any atom is -0.425 e. The van der Waals surface area contributed by atoms with E-state index < -0.39 is 11.8 Å². The van der Waals surface area contributed by atoms with E-state index in [1.54, 1.807) is 25.1 Å². The summed E-state index contributed by atoms with van der Waals surface area (Å²) in [4.78, 5) is 11.4. The maximum absolute atomic E-state index is 11.4. The van der Waals surface area contributed by atoms with Gasteiger partial charge in [-0.2, -0.15) is 0 Å². The Morgan fingerprint density at radius 3 is 2.86 bits per heavy atom. The summed E-state index contributed by atoms with van der Waals surface area (Å²) in [5.41, 5.74) is 1.19. The molecule has 1 aliphatic rings. The van der Waals surface area contributed by atoms with Gasteiger partial charge in [0, 0.05) is 24.6 Å². The van der Waals surface area contributed by atoms with Gasteiger partial charge in [0.1, 0.15) is 0 Å². The van der Waals surface area contributed by atoms with E-state index in [2.05, 4.69) is 0 Å². The minimum atomic E-state index is -0.975. The van der Waals surface area contributed by atoms with Gasteiger partial charge in [0.2, 0.25) is 5.79 Å². The van der Waals surface area contributed by atoms with Crippen molar-refractivity contribution in [1.82, 2.24) is 0 Å². The topological polar surface area (TPSA) is 35.5 Å². The number of methoxy groups -OCH3 is 1. The van der Waals surface area contributed by atoms with Crippen molar-refractivity contribution in [3.8, 4) is 0 Å². The van der Waals surface area contributed by atoms with Crippen molar-refractivity contribution < 1.29 is 14.3 Å². The lowest BCUT2D eigenvalue weighted by atomic mass is 10.0. The molecule has 0 saturated heterocycles. The molecule has 4 heteroatoms. The fourth-order valence-corrected chi connectivity index (χ4v) is 1.69. The zero-order chi connectivity index (χ0) is 10.3. The molecule has 2 rings (SSSR count). The summed E-state index contributed by atoms with van der Waals surface area (Å²) >= 11 is 5.78. The lowest BCUT2D eigenvalue weighted by Gasteiger charge is -2.21. The van der Waals surface area contributed by atoms with E-state index in [4.69, 9.17) is 21.1 Å². The number of hydrogen-bond donors (Lipinski definition) is 0. The number of benzene rings is 1. The van der Waals surface area contributed by atoms with Gasteiger partial charge in [0.05, 0.1) is 5.56 Å². The molecule has 0 bridgehead atoms. The zero-order valence-electron chi connectivity index (χ0n) is 7.83. The lowest BCUT2D eigenvalue weighted by molar-refractivity contribution is -0.172. The van der Waals surface area contributed by atoms with E-state index in [1.165, 1.54) is 7.11 Å². The van der Waals surface area contributed by atoms with Gasteiger partial charge in [0.15, 0.2) is 0 Å². The summed E-state index contributed by atoms with van der Waals surface area (Å²) in [5, 5.41) is 0.515. The third kappa shape index (κ3) is 1.21. The van der Waals surface area contributed by atoms with Crippen LogP contribution in [0.5, 0.6) is 0 Å². The summed E-state index contributed by atoms with van der Waals surface area (Å²) in [6, 6.07) is 5.04. The Hall–Kier alpha value is -1.06. The highest BCUT2D eigenvalue weighted by atomic mass is 35.5. The van der Waals surface area contributed by atoms with Crippen LogP contribution in [0, 0.1) is 0 Å². The number of ether oxygens (including phenoxy) is 2. The van der Waals surface area contributed by atoms with Crippen molar-refractivity contribution in [1.29, 1.82) is 0 Å². The molecule has 0 amide bonds. The zero-order valence-corrected chi connectivity index (χ0v) is 8.59. The standard InChI is InChI=1S/C10H9ClO3/c1-10(13-2)8-4-3-6(11)5-7(8)9(12)14-10/h3-5H,1-2H3/t10-/m1/s1. The molecule has 1 heterocycles. The predicted octanol–water partition coefficient (Wildman–Crippen LogP) is 2.33. The number of rotatable bonds is 1. The van der Waals surface area contributed by atoms with Crippen LogP contribution in [-0.2, 0) is 15.3 Å². The largest absolute Gasteiger partial charge is 0.425 e. The average molecular weight is 213 g/mol. The molecule has 0 unspecified atom stereocenters. The van der Waals surface area contributed by atoms with Crippen molar-refractivity contribution in [2.75, 3.05) is 7.11 Å². The third-order valence-corrected chi connectivity index (χ3v) is 2.60. The smallest absolute Gasteiger partial charge is 0.341 e. The highest BCUT2D eigenvalue weighted by Gasteiger charge is 2.41. The SMILES string of the molecule is CO[C@]1(C)OC(=O)c2cc(Cl)ccc21. The lowest BCUT2D eigenvalue weighted by Crippen LogP contribution is -2.23. The first-order valence-corrected chi connectivity index (χ1v) is 4.53.